The molecule has 0 saturated heterocycles. The van der Waals surface area contributed by atoms with Crippen molar-refractivity contribution in [3.8, 4) is 5.88 Å². The summed E-state index contributed by atoms with van der Waals surface area (Å²) in [7, 11) is 0. The molecule has 0 fully saturated rings. The van der Waals surface area contributed by atoms with Crippen LogP contribution in [0.5, 0.6) is 5.88 Å². The second kappa shape index (κ2) is 7.87. The zero-order valence-electron chi connectivity index (χ0n) is 15.6. The van der Waals surface area contributed by atoms with Gasteiger partial charge in [-0.05, 0) is 43.6 Å². The number of hydrogen-bond acceptors (Lipinski definition) is 9. The molecule has 12 heteroatoms. The lowest BCUT2D eigenvalue weighted by Crippen LogP contribution is -2.34. The Bertz CT molecular complexity index is 1020. The van der Waals surface area contributed by atoms with Gasteiger partial charge in [-0.3, -0.25) is 10.1 Å². The number of thioether (sulfide) groups is 1. The van der Waals surface area contributed by atoms with E-state index in [0.717, 1.165) is 0 Å². The van der Waals surface area contributed by atoms with Gasteiger partial charge in [0, 0.05) is 0 Å². The van der Waals surface area contributed by atoms with E-state index in [1.165, 1.54) is 24.3 Å². The molecule has 10 nitrogen and oxygen atoms in total. The number of aromatic nitrogens is 6. The highest BCUT2D eigenvalue weighted by atomic mass is 79.9. The number of imidazole rings is 1. The number of nitrogens with two attached hydrogens (primary N) is 1. The number of nitrogen functional groups attached to an aromatic ring is 1. The second-order valence-corrected chi connectivity index (χ2v) is 9.03. The van der Waals surface area contributed by atoms with E-state index < -0.39 is 4.75 Å². The largest absolute Gasteiger partial charge is 0.474 e. The van der Waals surface area contributed by atoms with E-state index in [4.69, 9.17) is 10.5 Å². The molecule has 0 aliphatic rings. The summed E-state index contributed by atoms with van der Waals surface area (Å²) < 4.78 is 5.30. The molecule has 3 aromatic heterocycles. The molecule has 0 atom stereocenters. The van der Waals surface area contributed by atoms with Crippen LogP contribution in [0, 0.1) is 0 Å². The topological polar surface area (TPSA) is 145 Å². The lowest BCUT2D eigenvalue weighted by atomic mass is 10.2. The fraction of sp³-hybridized carbons (Fsp3) is 0.375. The molecular weight excluding hydrogens is 448 g/mol. The Labute approximate surface area is 173 Å². The standard InChI is InChI=1S/C16H19BrN8O2S/c1-7(2)27-11-8(17)5-19-15(23-11)25-13(26)16(3,4)28-12-9-10(21-6-20-9)22-14(18)24-12/h5-7H,1-4H3,(H,19,23,25,26)(H3,18,20,21,22,24). The summed E-state index contributed by atoms with van der Waals surface area (Å²) >= 11 is 4.56. The Hall–Kier alpha value is -2.47. The summed E-state index contributed by atoms with van der Waals surface area (Å²) in [5, 5.41) is 3.24. The number of nitrogens with one attached hydrogen (secondary N) is 2. The quantitative estimate of drug-likeness (QED) is 0.368. The van der Waals surface area contributed by atoms with E-state index in [-0.39, 0.29) is 23.9 Å². The first kappa shape index (κ1) is 20.3. The number of fused-ring (bicyclic) bond motifs is 1. The van der Waals surface area contributed by atoms with Gasteiger partial charge in [-0.1, -0.05) is 11.8 Å². The molecule has 0 bridgehead atoms. The van der Waals surface area contributed by atoms with Crippen LogP contribution in [-0.4, -0.2) is 46.7 Å². The lowest BCUT2D eigenvalue weighted by Gasteiger charge is -2.22. The SMILES string of the molecule is CC(C)Oc1nc(NC(=O)C(C)(C)Sc2nc(N)nc3nc[nH]c23)ncc1Br. The summed E-state index contributed by atoms with van der Waals surface area (Å²) in [6.45, 7) is 7.29. The first-order chi connectivity index (χ1) is 13.2. The van der Waals surface area contributed by atoms with Crippen LogP contribution in [0.2, 0.25) is 0 Å². The van der Waals surface area contributed by atoms with Gasteiger partial charge < -0.3 is 15.5 Å². The molecule has 4 N–H and O–H groups in total. The molecule has 148 valence electrons. The maximum Gasteiger partial charge on any atom is 0.242 e. The molecule has 0 aromatic carbocycles. The van der Waals surface area contributed by atoms with Crippen molar-refractivity contribution in [2.24, 2.45) is 0 Å². The van der Waals surface area contributed by atoms with Gasteiger partial charge in [0.2, 0.25) is 23.7 Å². The van der Waals surface area contributed by atoms with Crippen molar-refractivity contribution < 1.29 is 9.53 Å². The van der Waals surface area contributed by atoms with Gasteiger partial charge in [0.1, 0.15) is 10.5 Å². The highest BCUT2D eigenvalue weighted by molar-refractivity contribution is 9.10. The summed E-state index contributed by atoms with van der Waals surface area (Å²) in [6.07, 6.45) is 2.96. The van der Waals surface area contributed by atoms with Crippen molar-refractivity contribution in [3.63, 3.8) is 0 Å². The Morgan fingerprint density at radius 3 is 2.79 bits per heavy atom. The molecule has 3 heterocycles. The van der Waals surface area contributed by atoms with Gasteiger partial charge >= 0.3 is 0 Å². The smallest absolute Gasteiger partial charge is 0.242 e. The number of carbonyl (C=O) groups is 1. The summed E-state index contributed by atoms with van der Waals surface area (Å²) in [5.74, 6) is 0.283. The van der Waals surface area contributed by atoms with Crippen molar-refractivity contribution in [2.45, 2.75) is 43.6 Å². The van der Waals surface area contributed by atoms with Crippen LogP contribution in [0.4, 0.5) is 11.9 Å². The minimum absolute atomic E-state index is 0.0678. The molecule has 0 spiro atoms. The van der Waals surface area contributed by atoms with E-state index in [9.17, 15) is 4.79 Å². The first-order valence-corrected chi connectivity index (χ1v) is 9.93. The fourth-order valence-electron chi connectivity index (χ4n) is 2.15. The Balaban J connectivity index is 1.80. The van der Waals surface area contributed by atoms with Gasteiger partial charge in [0.25, 0.3) is 0 Å². The van der Waals surface area contributed by atoms with Crippen LogP contribution in [0.3, 0.4) is 0 Å². The lowest BCUT2D eigenvalue weighted by molar-refractivity contribution is -0.117. The third kappa shape index (κ3) is 4.50. The zero-order valence-corrected chi connectivity index (χ0v) is 18.1. The minimum atomic E-state index is -0.908. The Morgan fingerprint density at radius 1 is 1.32 bits per heavy atom. The number of amides is 1. The van der Waals surface area contributed by atoms with E-state index in [1.54, 1.807) is 13.8 Å². The molecule has 0 aliphatic heterocycles. The number of anilines is 2. The van der Waals surface area contributed by atoms with Gasteiger partial charge in [0.15, 0.2) is 5.65 Å². The monoisotopic (exact) mass is 466 g/mol. The molecule has 28 heavy (non-hydrogen) atoms. The van der Waals surface area contributed by atoms with Crippen molar-refractivity contribution in [1.82, 2.24) is 29.9 Å². The van der Waals surface area contributed by atoms with E-state index in [0.29, 0.717) is 26.5 Å². The molecule has 3 rings (SSSR count). The number of halogens is 1. The third-order valence-electron chi connectivity index (χ3n) is 3.45. The van der Waals surface area contributed by atoms with Gasteiger partial charge in [0.05, 0.1) is 27.8 Å². The van der Waals surface area contributed by atoms with Crippen molar-refractivity contribution in [3.05, 3.63) is 17.0 Å². The number of H-pyrrole nitrogens is 1. The van der Waals surface area contributed by atoms with Crippen LogP contribution < -0.4 is 15.8 Å². The molecule has 1 amide bonds. The van der Waals surface area contributed by atoms with Gasteiger partial charge in [-0.2, -0.15) is 9.97 Å². The normalized spacial score (nSPS) is 11.8. The van der Waals surface area contributed by atoms with Gasteiger partial charge in [-0.25, -0.2) is 15.0 Å². The average Bonchev–Trinajstić information content (AvgIpc) is 3.05. The van der Waals surface area contributed by atoms with Crippen LogP contribution in [-0.2, 0) is 4.79 Å². The minimum Gasteiger partial charge on any atom is -0.474 e. The number of ether oxygens (including phenoxy) is 1. The molecule has 0 aliphatic carbocycles. The van der Waals surface area contributed by atoms with E-state index in [1.807, 2.05) is 13.8 Å². The van der Waals surface area contributed by atoms with Crippen LogP contribution in [0.15, 0.2) is 22.0 Å². The molecule has 0 unspecified atom stereocenters. The Kier molecular flexibility index (Phi) is 5.70. The van der Waals surface area contributed by atoms with Gasteiger partial charge in [-0.15, -0.1) is 0 Å². The fourth-order valence-corrected chi connectivity index (χ4v) is 3.46. The van der Waals surface area contributed by atoms with Crippen LogP contribution in [0.1, 0.15) is 27.7 Å². The Morgan fingerprint density at radius 2 is 2.07 bits per heavy atom. The number of aromatic amines is 1. The number of nitrogens with zero attached hydrogens (tertiary/aromatic N) is 5. The van der Waals surface area contributed by atoms with E-state index in [2.05, 4.69) is 51.2 Å². The van der Waals surface area contributed by atoms with Crippen molar-refractivity contribution in [2.75, 3.05) is 11.1 Å². The average molecular weight is 467 g/mol. The van der Waals surface area contributed by atoms with Crippen molar-refractivity contribution in [1.29, 1.82) is 0 Å². The van der Waals surface area contributed by atoms with Crippen LogP contribution in [0.25, 0.3) is 11.2 Å². The van der Waals surface area contributed by atoms with E-state index >= 15 is 0 Å². The maximum absolute atomic E-state index is 12.9. The molecule has 0 saturated carbocycles. The highest BCUT2D eigenvalue weighted by Crippen LogP contribution is 2.35. The molecule has 0 radical (unpaired) electrons. The summed E-state index contributed by atoms with van der Waals surface area (Å²) in [5.41, 5.74) is 6.81. The van der Waals surface area contributed by atoms with Crippen LogP contribution >= 0.6 is 27.7 Å². The predicted octanol–water partition coefficient (Wildman–Crippen LogP) is 2.78. The third-order valence-corrected chi connectivity index (χ3v) is 5.18. The highest BCUT2D eigenvalue weighted by Gasteiger charge is 2.32. The van der Waals surface area contributed by atoms with Crippen molar-refractivity contribution >= 4 is 56.7 Å². The maximum atomic E-state index is 12.9. The summed E-state index contributed by atoms with van der Waals surface area (Å²) in [6, 6.07) is 0. The molecular formula is C16H19BrN8O2S. The number of hydrogen-bond donors (Lipinski definition) is 3. The zero-order chi connectivity index (χ0) is 20.5. The first-order valence-electron chi connectivity index (χ1n) is 8.32. The second-order valence-electron chi connectivity index (χ2n) is 6.57. The molecule has 3 aromatic rings. The predicted molar refractivity (Wildman–Crippen MR) is 110 cm³/mol. The number of rotatable bonds is 6. The number of carbonyl (C=O) groups excluding carboxylic acids is 1. The summed E-state index contributed by atoms with van der Waals surface area (Å²) in [4.78, 5) is 36.6.